The number of nitrogens with one attached hydrogen (secondary N) is 3. The largest absolute Gasteiger partial charge is 0.379 e. The SMILES string of the molecule is CNCCOCCNCCOC(C)(C)C(F)CNC(=O)C(C)C. The van der Waals surface area contributed by atoms with Crippen LogP contribution in [0.15, 0.2) is 0 Å². The molecule has 0 aromatic rings. The van der Waals surface area contributed by atoms with Gasteiger partial charge in [0.05, 0.1) is 32.0 Å². The average Bonchev–Trinajstić information content (AvgIpc) is 2.50. The molecule has 1 unspecified atom stereocenters. The summed E-state index contributed by atoms with van der Waals surface area (Å²) in [5.41, 5.74) is -0.935. The van der Waals surface area contributed by atoms with Crippen LogP contribution in [-0.4, -0.2) is 70.7 Å². The molecule has 7 heteroatoms. The van der Waals surface area contributed by atoms with Gasteiger partial charge in [0, 0.05) is 25.6 Å². The van der Waals surface area contributed by atoms with Crippen molar-refractivity contribution in [2.75, 3.05) is 53.0 Å². The van der Waals surface area contributed by atoms with Gasteiger partial charge in [-0.3, -0.25) is 4.79 Å². The predicted octanol–water partition coefficient (Wildman–Crippen LogP) is 0.718. The molecule has 0 aliphatic rings. The summed E-state index contributed by atoms with van der Waals surface area (Å²) >= 11 is 0. The molecule has 0 heterocycles. The lowest BCUT2D eigenvalue weighted by molar-refractivity contribution is -0.125. The van der Waals surface area contributed by atoms with Crippen LogP contribution in [0.25, 0.3) is 0 Å². The fourth-order valence-electron chi connectivity index (χ4n) is 1.66. The Morgan fingerprint density at radius 2 is 1.74 bits per heavy atom. The Labute approximate surface area is 139 Å². The Hall–Kier alpha value is -0.760. The molecule has 0 radical (unpaired) electrons. The van der Waals surface area contributed by atoms with E-state index >= 15 is 0 Å². The summed E-state index contributed by atoms with van der Waals surface area (Å²) in [5.74, 6) is -0.297. The number of hydrogen-bond donors (Lipinski definition) is 3. The molecule has 0 saturated carbocycles. The van der Waals surface area contributed by atoms with Crippen LogP contribution in [-0.2, 0) is 14.3 Å². The highest BCUT2D eigenvalue weighted by Gasteiger charge is 2.30. The predicted molar refractivity (Wildman–Crippen MR) is 90.4 cm³/mol. The Balaban J connectivity index is 3.71. The molecule has 3 N–H and O–H groups in total. The van der Waals surface area contributed by atoms with Crippen molar-refractivity contribution in [1.29, 1.82) is 0 Å². The van der Waals surface area contributed by atoms with Crippen LogP contribution >= 0.6 is 0 Å². The molecule has 0 aliphatic carbocycles. The summed E-state index contributed by atoms with van der Waals surface area (Å²) < 4.78 is 25.1. The number of likely N-dealkylation sites (N-methyl/N-ethyl adjacent to an activating group) is 1. The summed E-state index contributed by atoms with van der Waals surface area (Å²) in [4.78, 5) is 11.5. The summed E-state index contributed by atoms with van der Waals surface area (Å²) in [7, 11) is 1.88. The quantitative estimate of drug-likeness (QED) is 0.408. The molecular formula is C16H34FN3O3. The van der Waals surface area contributed by atoms with E-state index in [1.807, 2.05) is 7.05 Å². The molecule has 0 spiro atoms. The number of alkyl halides is 1. The molecule has 0 aromatic carbocycles. The maximum Gasteiger partial charge on any atom is 0.222 e. The molecule has 0 rings (SSSR count). The highest BCUT2D eigenvalue weighted by atomic mass is 19.1. The van der Waals surface area contributed by atoms with E-state index in [0.717, 1.165) is 13.1 Å². The van der Waals surface area contributed by atoms with E-state index in [1.54, 1.807) is 27.7 Å². The van der Waals surface area contributed by atoms with E-state index in [1.165, 1.54) is 0 Å². The molecule has 0 aromatic heterocycles. The molecule has 1 atom stereocenters. The van der Waals surface area contributed by atoms with Gasteiger partial charge in [-0.1, -0.05) is 13.8 Å². The van der Waals surface area contributed by atoms with Crippen LogP contribution in [0.1, 0.15) is 27.7 Å². The number of amides is 1. The molecule has 0 saturated heterocycles. The van der Waals surface area contributed by atoms with Gasteiger partial charge in [0.15, 0.2) is 0 Å². The fourth-order valence-corrected chi connectivity index (χ4v) is 1.66. The monoisotopic (exact) mass is 335 g/mol. The minimum Gasteiger partial charge on any atom is -0.379 e. The zero-order valence-electron chi connectivity index (χ0n) is 15.2. The Morgan fingerprint density at radius 1 is 1.13 bits per heavy atom. The highest BCUT2D eigenvalue weighted by Crippen LogP contribution is 2.17. The second kappa shape index (κ2) is 12.6. The normalized spacial score (nSPS) is 13.3. The third-order valence-corrected chi connectivity index (χ3v) is 3.41. The van der Waals surface area contributed by atoms with Crippen molar-refractivity contribution in [3.8, 4) is 0 Å². The topological polar surface area (TPSA) is 71.6 Å². The molecule has 138 valence electrons. The van der Waals surface area contributed by atoms with E-state index in [2.05, 4.69) is 16.0 Å². The van der Waals surface area contributed by atoms with Crippen molar-refractivity contribution >= 4 is 5.91 Å². The standard InChI is InChI=1S/C16H34FN3O3/c1-13(2)15(21)20-12-14(17)16(3,4)23-11-8-19-7-10-22-9-6-18-5/h13-14,18-19H,6-12H2,1-5H3,(H,20,21). The van der Waals surface area contributed by atoms with Crippen LogP contribution in [0.4, 0.5) is 4.39 Å². The molecule has 23 heavy (non-hydrogen) atoms. The number of rotatable bonds is 14. The number of hydrogen-bond acceptors (Lipinski definition) is 5. The van der Waals surface area contributed by atoms with Gasteiger partial charge in [-0.15, -0.1) is 0 Å². The number of carbonyl (C=O) groups is 1. The van der Waals surface area contributed by atoms with Crippen molar-refractivity contribution in [2.45, 2.75) is 39.5 Å². The zero-order valence-corrected chi connectivity index (χ0v) is 15.2. The van der Waals surface area contributed by atoms with Gasteiger partial charge < -0.3 is 25.4 Å². The lowest BCUT2D eigenvalue weighted by Gasteiger charge is -2.29. The zero-order chi connectivity index (χ0) is 17.7. The third kappa shape index (κ3) is 11.4. The minimum atomic E-state index is -1.25. The van der Waals surface area contributed by atoms with E-state index in [-0.39, 0.29) is 18.4 Å². The molecule has 0 fully saturated rings. The lowest BCUT2D eigenvalue weighted by atomic mass is 10.0. The van der Waals surface area contributed by atoms with Gasteiger partial charge in [0.2, 0.25) is 5.91 Å². The van der Waals surface area contributed by atoms with Crippen LogP contribution in [0.5, 0.6) is 0 Å². The maximum atomic E-state index is 14.2. The van der Waals surface area contributed by atoms with Crippen molar-refractivity contribution in [3.63, 3.8) is 0 Å². The molecule has 6 nitrogen and oxygen atoms in total. The van der Waals surface area contributed by atoms with Crippen LogP contribution in [0.2, 0.25) is 0 Å². The van der Waals surface area contributed by atoms with Gasteiger partial charge in [0.1, 0.15) is 6.17 Å². The van der Waals surface area contributed by atoms with E-state index in [9.17, 15) is 9.18 Å². The van der Waals surface area contributed by atoms with Gasteiger partial charge >= 0.3 is 0 Å². The number of ether oxygens (including phenoxy) is 2. The van der Waals surface area contributed by atoms with E-state index in [4.69, 9.17) is 9.47 Å². The second-order valence-corrected chi connectivity index (χ2v) is 6.29. The summed E-state index contributed by atoms with van der Waals surface area (Å²) in [6.45, 7) is 10.8. The first-order chi connectivity index (χ1) is 10.8. The Morgan fingerprint density at radius 3 is 2.35 bits per heavy atom. The summed E-state index contributed by atoms with van der Waals surface area (Å²) in [6.07, 6.45) is -1.25. The van der Waals surface area contributed by atoms with Crippen LogP contribution in [0.3, 0.4) is 0 Å². The number of halogens is 1. The average molecular weight is 335 g/mol. The van der Waals surface area contributed by atoms with Gasteiger partial charge in [-0.05, 0) is 20.9 Å². The molecule has 0 aliphatic heterocycles. The maximum absolute atomic E-state index is 14.2. The Kier molecular flexibility index (Phi) is 12.2. The number of carbonyl (C=O) groups excluding carboxylic acids is 1. The Bertz CT molecular complexity index is 315. The lowest BCUT2D eigenvalue weighted by Crippen LogP contribution is -2.45. The minimum absolute atomic E-state index is 0.0310. The van der Waals surface area contributed by atoms with Gasteiger partial charge in [-0.25, -0.2) is 4.39 Å². The molecule has 1 amide bonds. The second-order valence-electron chi connectivity index (χ2n) is 6.29. The van der Waals surface area contributed by atoms with E-state index < -0.39 is 11.8 Å². The summed E-state index contributed by atoms with van der Waals surface area (Å²) in [6, 6.07) is 0. The van der Waals surface area contributed by atoms with Crippen LogP contribution < -0.4 is 16.0 Å². The smallest absolute Gasteiger partial charge is 0.222 e. The first-order valence-corrected chi connectivity index (χ1v) is 8.30. The van der Waals surface area contributed by atoms with Gasteiger partial charge in [0.25, 0.3) is 0 Å². The molecule has 0 bridgehead atoms. The first kappa shape index (κ1) is 22.2. The fraction of sp³-hybridized carbons (Fsp3) is 0.938. The van der Waals surface area contributed by atoms with Crippen molar-refractivity contribution in [3.05, 3.63) is 0 Å². The van der Waals surface area contributed by atoms with Crippen molar-refractivity contribution in [2.24, 2.45) is 5.92 Å². The van der Waals surface area contributed by atoms with Crippen molar-refractivity contribution in [1.82, 2.24) is 16.0 Å². The van der Waals surface area contributed by atoms with Crippen LogP contribution in [0, 0.1) is 5.92 Å². The highest BCUT2D eigenvalue weighted by molar-refractivity contribution is 5.77. The van der Waals surface area contributed by atoms with Crippen molar-refractivity contribution < 1.29 is 18.7 Å². The summed E-state index contributed by atoms with van der Waals surface area (Å²) in [5, 5.41) is 8.77. The first-order valence-electron chi connectivity index (χ1n) is 8.30. The third-order valence-electron chi connectivity index (χ3n) is 3.41. The van der Waals surface area contributed by atoms with Gasteiger partial charge in [-0.2, -0.15) is 0 Å². The molecular weight excluding hydrogens is 301 g/mol. The van der Waals surface area contributed by atoms with E-state index in [0.29, 0.717) is 26.4 Å².